The molecular weight excluding hydrogens is 211 g/mol. The van der Waals surface area contributed by atoms with Crippen molar-refractivity contribution in [3.63, 3.8) is 0 Å². The van der Waals surface area contributed by atoms with Gasteiger partial charge in [-0.25, -0.2) is 0 Å². The van der Waals surface area contributed by atoms with Gasteiger partial charge in [0, 0.05) is 5.56 Å². The Bertz CT molecular complexity index is 395. The van der Waals surface area contributed by atoms with Crippen molar-refractivity contribution in [3.05, 3.63) is 23.8 Å². The van der Waals surface area contributed by atoms with Crippen LogP contribution in [0.3, 0.4) is 0 Å². The zero-order chi connectivity index (χ0) is 11.5. The summed E-state index contributed by atoms with van der Waals surface area (Å²) in [6, 6.07) is 4.76. The average Bonchev–Trinajstić information content (AvgIpc) is 2.08. The van der Waals surface area contributed by atoms with Gasteiger partial charge in [-0.05, 0) is 18.2 Å². The molecule has 0 amide bonds. The fraction of sp³-hybridized carbons (Fsp3) is 0.222. The van der Waals surface area contributed by atoms with Crippen LogP contribution >= 0.6 is 0 Å². The lowest BCUT2D eigenvalue weighted by molar-refractivity contribution is -0.274. The van der Waals surface area contributed by atoms with E-state index in [1.54, 1.807) is 6.07 Å². The first-order chi connectivity index (χ1) is 6.92. The number of phenolic OH excluding ortho intramolecular Hbond substituents is 1. The van der Waals surface area contributed by atoms with Crippen LogP contribution in [0, 0.1) is 11.3 Å². The van der Waals surface area contributed by atoms with Crippen molar-refractivity contribution in [1.82, 2.24) is 0 Å². The molecule has 0 aromatic heterocycles. The lowest BCUT2D eigenvalue weighted by Crippen LogP contribution is -2.18. The summed E-state index contributed by atoms with van der Waals surface area (Å²) in [7, 11) is 0. The van der Waals surface area contributed by atoms with Crippen molar-refractivity contribution in [2.24, 2.45) is 0 Å². The minimum Gasteiger partial charge on any atom is -0.508 e. The first-order valence-electron chi connectivity index (χ1n) is 3.87. The molecule has 1 rings (SSSR count). The summed E-state index contributed by atoms with van der Waals surface area (Å²) in [5.74, 6) is -0.684. The summed E-state index contributed by atoms with van der Waals surface area (Å²) in [6.45, 7) is 0. The molecule has 80 valence electrons. The molecule has 1 aromatic carbocycles. The molecule has 0 fully saturated rings. The number of benzene rings is 1. The van der Waals surface area contributed by atoms with E-state index in [1.807, 2.05) is 0 Å². The van der Waals surface area contributed by atoms with E-state index < -0.39 is 12.1 Å². The van der Waals surface area contributed by atoms with Gasteiger partial charge < -0.3 is 9.84 Å². The van der Waals surface area contributed by atoms with E-state index in [0.29, 0.717) is 0 Å². The summed E-state index contributed by atoms with van der Waals surface area (Å²) < 4.78 is 39.4. The number of rotatable bonds is 2. The van der Waals surface area contributed by atoms with E-state index in [4.69, 9.17) is 10.4 Å². The molecule has 3 nitrogen and oxygen atoms in total. The standard InChI is InChI=1S/C9H6F3NO2/c10-9(11,12)15-8-2-1-7(14)5-6(8)3-4-13/h1-2,5,14H,3H2. The van der Waals surface area contributed by atoms with Crippen molar-refractivity contribution in [2.45, 2.75) is 12.8 Å². The van der Waals surface area contributed by atoms with Crippen LogP contribution in [0.15, 0.2) is 18.2 Å². The van der Waals surface area contributed by atoms with Crippen LogP contribution in [0.1, 0.15) is 5.56 Å². The van der Waals surface area contributed by atoms with Gasteiger partial charge in [0.15, 0.2) is 0 Å². The molecule has 0 heterocycles. The van der Waals surface area contributed by atoms with Crippen molar-refractivity contribution in [1.29, 1.82) is 5.26 Å². The molecule has 0 saturated heterocycles. The molecule has 0 aliphatic rings. The lowest BCUT2D eigenvalue weighted by Gasteiger charge is -2.11. The normalized spacial score (nSPS) is 10.8. The second kappa shape index (κ2) is 4.09. The van der Waals surface area contributed by atoms with Gasteiger partial charge in [0.2, 0.25) is 0 Å². The van der Waals surface area contributed by atoms with Crippen LogP contribution in [0.25, 0.3) is 0 Å². The Morgan fingerprint density at radius 3 is 2.60 bits per heavy atom. The Morgan fingerprint density at radius 2 is 2.07 bits per heavy atom. The zero-order valence-electron chi connectivity index (χ0n) is 7.38. The van der Waals surface area contributed by atoms with Crippen molar-refractivity contribution in [3.8, 4) is 17.6 Å². The second-order valence-electron chi connectivity index (χ2n) is 2.67. The van der Waals surface area contributed by atoms with Gasteiger partial charge in [-0.15, -0.1) is 13.2 Å². The number of phenols is 1. The highest BCUT2D eigenvalue weighted by atomic mass is 19.4. The minimum absolute atomic E-state index is 0.00479. The molecule has 0 atom stereocenters. The van der Waals surface area contributed by atoms with Gasteiger partial charge in [0.05, 0.1) is 12.5 Å². The highest BCUT2D eigenvalue weighted by Gasteiger charge is 2.32. The maximum atomic E-state index is 11.9. The number of hydrogen-bond acceptors (Lipinski definition) is 3. The first kappa shape index (κ1) is 11.2. The molecule has 1 aromatic rings. The van der Waals surface area contributed by atoms with Gasteiger partial charge in [-0.3, -0.25) is 0 Å². The Labute approximate surface area is 83.3 Å². The Morgan fingerprint density at radius 1 is 1.40 bits per heavy atom. The van der Waals surface area contributed by atoms with Crippen molar-refractivity contribution in [2.75, 3.05) is 0 Å². The first-order valence-corrected chi connectivity index (χ1v) is 3.87. The van der Waals surface area contributed by atoms with E-state index in [9.17, 15) is 13.2 Å². The quantitative estimate of drug-likeness (QED) is 0.827. The average molecular weight is 217 g/mol. The van der Waals surface area contributed by atoms with Gasteiger partial charge in [0.1, 0.15) is 11.5 Å². The SMILES string of the molecule is N#CCc1cc(O)ccc1OC(F)(F)F. The van der Waals surface area contributed by atoms with E-state index in [2.05, 4.69) is 4.74 Å². The number of aromatic hydroxyl groups is 1. The number of ether oxygens (including phenoxy) is 1. The minimum atomic E-state index is -4.80. The van der Waals surface area contributed by atoms with Crippen molar-refractivity contribution < 1.29 is 23.0 Å². The third-order valence-electron chi connectivity index (χ3n) is 1.54. The maximum Gasteiger partial charge on any atom is 0.573 e. The number of halogens is 3. The smallest absolute Gasteiger partial charge is 0.508 e. The number of alkyl halides is 3. The van der Waals surface area contributed by atoms with Crippen LogP contribution in [-0.2, 0) is 6.42 Å². The van der Waals surface area contributed by atoms with Crippen molar-refractivity contribution >= 4 is 0 Å². The predicted molar refractivity (Wildman–Crippen MR) is 44.1 cm³/mol. The van der Waals surface area contributed by atoms with E-state index >= 15 is 0 Å². The summed E-state index contributed by atoms with van der Waals surface area (Å²) >= 11 is 0. The van der Waals surface area contributed by atoms with Crippen LogP contribution in [0.5, 0.6) is 11.5 Å². The molecule has 0 saturated carbocycles. The van der Waals surface area contributed by atoms with Crippen LogP contribution in [0.4, 0.5) is 13.2 Å². The Hall–Kier alpha value is -1.90. The molecule has 0 aliphatic heterocycles. The summed E-state index contributed by atoms with van der Waals surface area (Å²) in [5.41, 5.74) is -0.00479. The van der Waals surface area contributed by atoms with Gasteiger partial charge >= 0.3 is 6.36 Å². The van der Waals surface area contributed by atoms with Crippen LogP contribution in [-0.4, -0.2) is 11.5 Å². The highest BCUT2D eigenvalue weighted by molar-refractivity contribution is 5.41. The molecule has 0 aliphatic carbocycles. The Kier molecular flexibility index (Phi) is 3.04. The predicted octanol–water partition coefficient (Wildman–Crippen LogP) is 2.36. The number of nitrogens with zero attached hydrogens (tertiary/aromatic N) is 1. The fourth-order valence-electron chi connectivity index (χ4n) is 1.01. The topological polar surface area (TPSA) is 53.2 Å². The molecule has 0 bridgehead atoms. The summed E-state index contributed by atoms with van der Waals surface area (Å²) in [4.78, 5) is 0. The molecule has 6 heteroatoms. The lowest BCUT2D eigenvalue weighted by atomic mass is 10.1. The van der Waals surface area contributed by atoms with E-state index in [1.165, 1.54) is 0 Å². The molecule has 0 unspecified atom stereocenters. The molecule has 1 N–H and O–H groups in total. The fourth-order valence-corrected chi connectivity index (χ4v) is 1.01. The third-order valence-corrected chi connectivity index (χ3v) is 1.54. The molecule has 0 spiro atoms. The molecule has 15 heavy (non-hydrogen) atoms. The molecular formula is C9H6F3NO2. The van der Waals surface area contributed by atoms with Gasteiger partial charge in [-0.1, -0.05) is 0 Å². The maximum absolute atomic E-state index is 11.9. The monoisotopic (exact) mass is 217 g/mol. The second-order valence-corrected chi connectivity index (χ2v) is 2.67. The van der Waals surface area contributed by atoms with Gasteiger partial charge in [-0.2, -0.15) is 5.26 Å². The number of hydrogen-bond donors (Lipinski definition) is 1. The molecule has 0 radical (unpaired) electrons. The van der Waals surface area contributed by atoms with E-state index in [0.717, 1.165) is 18.2 Å². The van der Waals surface area contributed by atoms with E-state index in [-0.39, 0.29) is 17.7 Å². The summed E-state index contributed by atoms with van der Waals surface area (Å²) in [6.07, 6.45) is -5.07. The highest BCUT2D eigenvalue weighted by Crippen LogP contribution is 2.29. The summed E-state index contributed by atoms with van der Waals surface area (Å²) in [5, 5.41) is 17.4. The number of nitriles is 1. The Balaban J connectivity index is 3.02. The van der Waals surface area contributed by atoms with Crippen LogP contribution < -0.4 is 4.74 Å². The third kappa shape index (κ3) is 3.38. The van der Waals surface area contributed by atoms with Gasteiger partial charge in [0.25, 0.3) is 0 Å². The van der Waals surface area contributed by atoms with Crippen LogP contribution in [0.2, 0.25) is 0 Å². The zero-order valence-corrected chi connectivity index (χ0v) is 7.38. The largest absolute Gasteiger partial charge is 0.573 e.